The smallest absolute Gasteiger partial charge is 0.161 e. The molecule has 0 aliphatic carbocycles. The van der Waals surface area contributed by atoms with Gasteiger partial charge in [-0.1, -0.05) is 0 Å². The van der Waals surface area contributed by atoms with Crippen molar-refractivity contribution in [3.05, 3.63) is 30.1 Å². The number of likely N-dealkylation sites (N-methyl/N-ethyl adjacent to an activating group) is 1. The summed E-state index contributed by atoms with van der Waals surface area (Å²) in [6.45, 7) is 5.89. The number of rotatable bonds is 3. The first-order valence-electron chi connectivity index (χ1n) is 6.84. The lowest BCUT2D eigenvalue weighted by Gasteiger charge is -2.32. The summed E-state index contributed by atoms with van der Waals surface area (Å²) in [6, 6.07) is 2.37. The van der Waals surface area contributed by atoms with Crippen molar-refractivity contribution < 1.29 is 8.78 Å². The van der Waals surface area contributed by atoms with Crippen molar-refractivity contribution in [1.82, 2.24) is 19.4 Å². The molecule has 3 rings (SSSR count). The summed E-state index contributed by atoms with van der Waals surface area (Å²) in [4.78, 5) is 8.81. The second-order valence-electron chi connectivity index (χ2n) is 5.34. The largest absolute Gasteiger partial charge is 0.329 e. The van der Waals surface area contributed by atoms with E-state index in [1.54, 1.807) is 6.33 Å². The van der Waals surface area contributed by atoms with Crippen LogP contribution in [-0.2, 0) is 6.54 Å². The number of benzene rings is 1. The van der Waals surface area contributed by atoms with Crippen LogP contribution in [0.2, 0.25) is 0 Å². The third-order valence-corrected chi connectivity index (χ3v) is 3.92. The fraction of sp³-hybridized carbons (Fsp3) is 0.500. The van der Waals surface area contributed by atoms with E-state index in [2.05, 4.69) is 21.8 Å². The third kappa shape index (κ3) is 2.66. The minimum atomic E-state index is -0.846. The first-order valence-corrected chi connectivity index (χ1v) is 6.84. The minimum absolute atomic E-state index is 0.502. The summed E-state index contributed by atoms with van der Waals surface area (Å²) in [7, 11) is 2.12. The van der Waals surface area contributed by atoms with Crippen LogP contribution < -0.4 is 0 Å². The molecule has 1 aliphatic heterocycles. The summed E-state index contributed by atoms with van der Waals surface area (Å²) >= 11 is 0. The number of hydrogen-bond donors (Lipinski definition) is 0. The number of aromatic nitrogens is 2. The van der Waals surface area contributed by atoms with Crippen LogP contribution in [0.15, 0.2) is 18.5 Å². The molecule has 6 heteroatoms. The van der Waals surface area contributed by atoms with E-state index in [4.69, 9.17) is 0 Å². The number of imidazole rings is 1. The van der Waals surface area contributed by atoms with Gasteiger partial charge in [0.2, 0.25) is 0 Å². The molecule has 1 fully saturated rings. The monoisotopic (exact) mass is 280 g/mol. The van der Waals surface area contributed by atoms with Gasteiger partial charge in [0.25, 0.3) is 0 Å². The van der Waals surface area contributed by atoms with Gasteiger partial charge in [-0.2, -0.15) is 0 Å². The Morgan fingerprint density at radius 3 is 2.50 bits per heavy atom. The van der Waals surface area contributed by atoms with Crippen molar-refractivity contribution >= 4 is 11.0 Å². The average Bonchev–Trinajstić information content (AvgIpc) is 2.81. The normalized spacial score (nSPS) is 17.9. The molecule has 0 unspecified atom stereocenters. The van der Waals surface area contributed by atoms with E-state index < -0.39 is 11.6 Å². The van der Waals surface area contributed by atoms with Crippen LogP contribution in [0.4, 0.5) is 8.78 Å². The molecule has 1 aromatic carbocycles. The second-order valence-corrected chi connectivity index (χ2v) is 5.34. The maximum absolute atomic E-state index is 13.3. The topological polar surface area (TPSA) is 24.3 Å². The number of fused-ring (bicyclic) bond motifs is 1. The third-order valence-electron chi connectivity index (χ3n) is 3.92. The number of nitrogens with zero attached hydrogens (tertiary/aromatic N) is 4. The predicted molar refractivity (Wildman–Crippen MR) is 73.6 cm³/mol. The Balaban J connectivity index is 1.70. The van der Waals surface area contributed by atoms with Crippen molar-refractivity contribution in [2.75, 3.05) is 39.8 Å². The highest BCUT2D eigenvalue weighted by Gasteiger charge is 2.14. The Morgan fingerprint density at radius 1 is 1.05 bits per heavy atom. The number of halogens is 2. The van der Waals surface area contributed by atoms with Gasteiger partial charge in [-0.15, -0.1) is 0 Å². The first-order chi connectivity index (χ1) is 9.63. The molecule has 0 amide bonds. The molecule has 1 aromatic heterocycles. The summed E-state index contributed by atoms with van der Waals surface area (Å²) in [5.74, 6) is -1.67. The molecule has 108 valence electrons. The molecular formula is C14H18F2N4. The molecule has 0 atom stereocenters. The molecule has 2 heterocycles. The zero-order chi connectivity index (χ0) is 14.1. The molecule has 1 saturated heterocycles. The molecule has 0 radical (unpaired) electrons. The Hall–Kier alpha value is -1.53. The lowest BCUT2D eigenvalue weighted by molar-refractivity contribution is 0.150. The van der Waals surface area contributed by atoms with Gasteiger partial charge in [0.05, 0.1) is 17.4 Å². The van der Waals surface area contributed by atoms with Gasteiger partial charge < -0.3 is 9.47 Å². The van der Waals surface area contributed by atoms with E-state index in [-0.39, 0.29) is 0 Å². The minimum Gasteiger partial charge on any atom is -0.329 e. The number of piperazine rings is 1. The van der Waals surface area contributed by atoms with Gasteiger partial charge in [0.15, 0.2) is 11.6 Å². The van der Waals surface area contributed by atoms with Crippen molar-refractivity contribution in [1.29, 1.82) is 0 Å². The van der Waals surface area contributed by atoms with E-state index in [9.17, 15) is 8.78 Å². The Kier molecular flexibility index (Phi) is 3.67. The lowest BCUT2D eigenvalue weighted by Crippen LogP contribution is -2.45. The molecule has 4 nitrogen and oxygen atoms in total. The van der Waals surface area contributed by atoms with E-state index >= 15 is 0 Å². The van der Waals surface area contributed by atoms with Gasteiger partial charge in [0, 0.05) is 51.4 Å². The van der Waals surface area contributed by atoms with Crippen LogP contribution in [0.25, 0.3) is 11.0 Å². The van der Waals surface area contributed by atoms with E-state index in [0.29, 0.717) is 11.0 Å². The SMILES string of the molecule is CN1CCN(CCn2cnc3cc(F)c(F)cc32)CC1. The average molecular weight is 280 g/mol. The number of hydrogen-bond acceptors (Lipinski definition) is 3. The van der Waals surface area contributed by atoms with Gasteiger partial charge in [-0.05, 0) is 7.05 Å². The highest BCUT2D eigenvalue weighted by molar-refractivity contribution is 5.75. The zero-order valence-electron chi connectivity index (χ0n) is 11.5. The van der Waals surface area contributed by atoms with Crippen LogP contribution in [0.1, 0.15) is 0 Å². The van der Waals surface area contributed by atoms with Gasteiger partial charge in [-0.25, -0.2) is 13.8 Å². The van der Waals surface area contributed by atoms with Crippen molar-refractivity contribution in [3.63, 3.8) is 0 Å². The molecule has 0 spiro atoms. The quantitative estimate of drug-likeness (QED) is 0.853. The predicted octanol–water partition coefficient (Wildman–Crippen LogP) is 1.56. The molecular weight excluding hydrogens is 262 g/mol. The Labute approximate surface area is 116 Å². The van der Waals surface area contributed by atoms with Gasteiger partial charge in [-0.3, -0.25) is 4.90 Å². The second kappa shape index (κ2) is 5.46. The molecule has 0 bridgehead atoms. The first kappa shape index (κ1) is 13.5. The van der Waals surface area contributed by atoms with E-state index in [1.807, 2.05) is 4.57 Å². The summed E-state index contributed by atoms with van der Waals surface area (Å²) < 4.78 is 28.3. The Bertz CT molecular complexity index is 602. The van der Waals surface area contributed by atoms with Crippen LogP contribution in [0, 0.1) is 11.6 Å². The van der Waals surface area contributed by atoms with Crippen LogP contribution >= 0.6 is 0 Å². The van der Waals surface area contributed by atoms with Gasteiger partial charge >= 0.3 is 0 Å². The maximum Gasteiger partial charge on any atom is 0.161 e. The molecule has 0 saturated carbocycles. The van der Waals surface area contributed by atoms with Gasteiger partial charge in [0.1, 0.15) is 0 Å². The fourth-order valence-electron chi connectivity index (χ4n) is 2.55. The molecule has 0 N–H and O–H groups in total. The van der Waals surface area contributed by atoms with Crippen molar-refractivity contribution in [3.8, 4) is 0 Å². The highest BCUT2D eigenvalue weighted by atomic mass is 19.2. The van der Waals surface area contributed by atoms with E-state index in [0.717, 1.165) is 45.3 Å². The summed E-state index contributed by atoms with van der Waals surface area (Å²) in [5.41, 5.74) is 1.15. The zero-order valence-corrected chi connectivity index (χ0v) is 11.5. The summed E-state index contributed by atoms with van der Waals surface area (Å²) in [5, 5.41) is 0. The molecule has 2 aromatic rings. The van der Waals surface area contributed by atoms with Crippen LogP contribution in [-0.4, -0.2) is 59.1 Å². The fourth-order valence-corrected chi connectivity index (χ4v) is 2.55. The standard InChI is InChI=1S/C14H18F2N4/c1-18-2-4-19(5-3-18)6-7-20-10-17-13-8-11(15)12(16)9-14(13)20/h8-10H,2-7H2,1H3. The van der Waals surface area contributed by atoms with Crippen LogP contribution in [0.3, 0.4) is 0 Å². The highest BCUT2D eigenvalue weighted by Crippen LogP contribution is 2.17. The van der Waals surface area contributed by atoms with Crippen molar-refractivity contribution in [2.45, 2.75) is 6.54 Å². The maximum atomic E-state index is 13.3. The lowest BCUT2D eigenvalue weighted by atomic mass is 10.3. The summed E-state index contributed by atoms with van der Waals surface area (Å²) in [6.07, 6.45) is 1.65. The molecule has 20 heavy (non-hydrogen) atoms. The molecule has 1 aliphatic rings. The van der Waals surface area contributed by atoms with Crippen molar-refractivity contribution in [2.24, 2.45) is 0 Å². The Morgan fingerprint density at radius 2 is 1.75 bits per heavy atom. The van der Waals surface area contributed by atoms with Crippen LogP contribution in [0.5, 0.6) is 0 Å². The van der Waals surface area contributed by atoms with E-state index in [1.165, 1.54) is 6.07 Å².